The Morgan fingerprint density at radius 1 is 1.20 bits per heavy atom. The van der Waals surface area contributed by atoms with Crippen molar-refractivity contribution in [2.24, 2.45) is 0 Å². The molecule has 0 spiro atoms. The highest BCUT2D eigenvalue weighted by molar-refractivity contribution is 7.98. The number of aromatic amines is 1. The van der Waals surface area contributed by atoms with Crippen LogP contribution < -0.4 is 5.73 Å². The van der Waals surface area contributed by atoms with Crippen LogP contribution in [0.5, 0.6) is 0 Å². The summed E-state index contributed by atoms with van der Waals surface area (Å²) in [6.45, 7) is 0. The molecule has 3 N–H and O–H groups in total. The van der Waals surface area contributed by atoms with Crippen molar-refractivity contribution in [3.05, 3.63) is 47.5 Å². The van der Waals surface area contributed by atoms with Crippen molar-refractivity contribution >= 4 is 28.6 Å². The predicted molar refractivity (Wildman–Crippen MR) is 74.2 cm³/mol. The van der Waals surface area contributed by atoms with E-state index in [1.807, 2.05) is 0 Å². The van der Waals surface area contributed by atoms with E-state index in [-0.39, 0.29) is 0 Å². The molecule has 4 nitrogen and oxygen atoms in total. The van der Waals surface area contributed by atoms with E-state index in [0.29, 0.717) is 27.7 Å². The molecule has 0 atom stereocenters. The summed E-state index contributed by atoms with van der Waals surface area (Å²) in [6.07, 6.45) is 0. The number of anilines is 1. The van der Waals surface area contributed by atoms with E-state index in [9.17, 15) is 8.78 Å². The first-order chi connectivity index (χ1) is 9.63. The lowest BCUT2D eigenvalue weighted by Crippen LogP contribution is -1.91. The number of nitrogen functional groups attached to an aromatic ring is 1. The lowest BCUT2D eigenvalue weighted by molar-refractivity contribution is 0.591. The van der Waals surface area contributed by atoms with E-state index in [1.54, 1.807) is 12.1 Å². The third-order valence-corrected chi connectivity index (χ3v) is 3.77. The summed E-state index contributed by atoms with van der Waals surface area (Å²) in [7, 11) is 0. The van der Waals surface area contributed by atoms with Gasteiger partial charge in [0.2, 0.25) is 0 Å². The van der Waals surface area contributed by atoms with Crippen LogP contribution in [0, 0.1) is 11.6 Å². The van der Waals surface area contributed by atoms with Crippen LogP contribution in [0.2, 0.25) is 0 Å². The largest absolute Gasteiger partial charge is 0.380 e. The van der Waals surface area contributed by atoms with Crippen molar-refractivity contribution in [1.82, 2.24) is 15.2 Å². The van der Waals surface area contributed by atoms with Crippen LogP contribution >= 0.6 is 11.8 Å². The fraction of sp³-hybridized carbons (Fsp3) is 0.0769. The predicted octanol–water partition coefficient (Wildman–Crippen LogP) is 3.11. The molecule has 2 heterocycles. The molecule has 0 amide bonds. The minimum atomic E-state index is -0.454. The third kappa shape index (κ3) is 2.44. The number of aromatic nitrogens is 3. The van der Waals surface area contributed by atoms with Gasteiger partial charge in [0.25, 0.3) is 0 Å². The Morgan fingerprint density at radius 3 is 2.90 bits per heavy atom. The third-order valence-electron chi connectivity index (χ3n) is 2.79. The number of thioether (sulfide) groups is 1. The second kappa shape index (κ2) is 5.09. The smallest absolute Gasteiger partial charge is 0.171 e. The van der Waals surface area contributed by atoms with Crippen LogP contribution in [0.4, 0.5) is 14.6 Å². The number of pyridine rings is 1. The number of hydrogen-bond acceptors (Lipinski definition) is 4. The lowest BCUT2D eigenvalue weighted by atomic mass is 10.2. The average molecular weight is 292 g/mol. The number of nitrogens with zero attached hydrogens (tertiary/aromatic N) is 2. The molecule has 0 aliphatic heterocycles. The van der Waals surface area contributed by atoms with Crippen molar-refractivity contribution in [3.8, 4) is 0 Å². The molecular formula is C13H10F2N4S. The van der Waals surface area contributed by atoms with Crippen LogP contribution in [-0.2, 0) is 5.75 Å². The van der Waals surface area contributed by atoms with E-state index in [4.69, 9.17) is 5.73 Å². The van der Waals surface area contributed by atoms with E-state index >= 15 is 0 Å². The van der Waals surface area contributed by atoms with Gasteiger partial charge in [-0.2, -0.15) is 5.10 Å². The first kappa shape index (κ1) is 12.9. The lowest BCUT2D eigenvalue weighted by Gasteiger charge is -2.03. The SMILES string of the molecule is Nc1n[nH]c2ccc(SCc3cc(F)ccc3F)nc12. The average Bonchev–Trinajstić information content (AvgIpc) is 2.81. The molecule has 20 heavy (non-hydrogen) atoms. The Labute approximate surface area is 117 Å². The van der Waals surface area contributed by atoms with Crippen molar-refractivity contribution < 1.29 is 8.78 Å². The normalized spacial score (nSPS) is 11.1. The Morgan fingerprint density at radius 2 is 2.05 bits per heavy atom. The molecule has 2 aromatic heterocycles. The molecule has 3 aromatic rings. The van der Waals surface area contributed by atoms with Crippen molar-refractivity contribution in [2.45, 2.75) is 10.8 Å². The molecule has 1 aromatic carbocycles. The number of H-pyrrole nitrogens is 1. The molecule has 0 aliphatic rings. The van der Waals surface area contributed by atoms with Crippen molar-refractivity contribution in [2.75, 3.05) is 5.73 Å². The van der Waals surface area contributed by atoms with Crippen LogP contribution in [0.25, 0.3) is 11.0 Å². The number of rotatable bonds is 3. The van der Waals surface area contributed by atoms with Gasteiger partial charge in [0, 0.05) is 11.3 Å². The summed E-state index contributed by atoms with van der Waals surface area (Å²) in [6, 6.07) is 6.99. The summed E-state index contributed by atoms with van der Waals surface area (Å²) < 4.78 is 26.6. The minimum Gasteiger partial charge on any atom is -0.380 e. The van der Waals surface area contributed by atoms with E-state index in [1.165, 1.54) is 17.8 Å². The quantitative estimate of drug-likeness (QED) is 0.728. The zero-order chi connectivity index (χ0) is 14.1. The zero-order valence-electron chi connectivity index (χ0n) is 10.2. The first-order valence-electron chi connectivity index (χ1n) is 5.81. The number of nitrogens with one attached hydrogen (secondary N) is 1. The van der Waals surface area contributed by atoms with Gasteiger partial charge in [0.05, 0.1) is 10.5 Å². The maximum Gasteiger partial charge on any atom is 0.171 e. The fourth-order valence-electron chi connectivity index (χ4n) is 1.79. The molecule has 0 radical (unpaired) electrons. The van der Waals surface area contributed by atoms with Crippen LogP contribution in [-0.4, -0.2) is 15.2 Å². The van der Waals surface area contributed by atoms with Gasteiger partial charge in [-0.3, -0.25) is 5.10 Å². The standard InChI is InChI=1S/C13H10F2N4S/c14-8-1-2-9(15)7(5-8)6-20-11-4-3-10-12(17-11)13(16)19-18-10/h1-5H,6H2,(H3,16,18,19). The molecule has 7 heteroatoms. The van der Waals surface area contributed by atoms with E-state index in [2.05, 4.69) is 15.2 Å². The maximum atomic E-state index is 13.5. The number of halogens is 2. The maximum absolute atomic E-state index is 13.5. The van der Waals surface area contributed by atoms with Crippen LogP contribution in [0.3, 0.4) is 0 Å². The van der Waals surface area contributed by atoms with Gasteiger partial charge >= 0.3 is 0 Å². The summed E-state index contributed by atoms with van der Waals surface area (Å²) in [5.41, 5.74) is 7.29. The minimum absolute atomic E-state index is 0.292. The van der Waals surface area contributed by atoms with Gasteiger partial charge in [-0.15, -0.1) is 11.8 Å². The summed E-state index contributed by atoms with van der Waals surface area (Å²) >= 11 is 1.31. The second-order valence-electron chi connectivity index (χ2n) is 4.18. The topological polar surface area (TPSA) is 67.6 Å². The molecule has 0 saturated heterocycles. The fourth-order valence-corrected chi connectivity index (χ4v) is 2.63. The van der Waals surface area contributed by atoms with Crippen molar-refractivity contribution in [3.63, 3.8) is 0 Å². The molecule has 102 valence electrons. The number of fused-ring (bicyclic) bond motifs is 1. The van der Waals surface area contributed by atoms with Gasteiger partial charge in [-0.05, 0) is 30.3 Å². The van der Waals surface area contributed by atoms with Crippen LogP contribution in [0.15, 0.2) is 35.4 Å². The molecule has 3 rings (SSSR count). The molecule has 0 aliphatic carbocycles. The number of nitrogens with two attached hydrogens (primary N) is 1. The summed E-state index contributed by atoms with van der Waals surface area (Å²) in [4.78, 5) is 4.33. The van der Waals surface area contributed by atoms with Crippen LogP contribution in [0.1, 0.15) is 5.56 Å². The monoisotopic (exact) mass is 292 g/mol. The Kier molecular flexibility index (Phi) is 3.27. The highest BCUT2D eigenvalue weighted by Crippen LogP contribution is 2.25. The number of hydrogen-bond donors (Lipinski definition) is 2. The molecule has 0 saturated carbocycles. The molecular weight excluding hydrogens is 282 g/mol. The molecule has 0 fully saturated rings. The van der Waals surface area contributed by atoms with Crippen molar-refractivity contribution in [1.29, 1.82) is 0 Å². The Bertz CT molecular complexity index is 772. The second-order valence-corrected chi connectivity index (χ2v) is 5.17. The van der Waals surface area contributed by atoms with E-state index in [0.717, 1.165) is 17.6 Å². The molecule has 0 bridgehead atoms. The highest BCUT2D eigenvalue weighted by Gasteiger charge is 2.08. The van der Waals surface area contributed by atoms with Gasteiger partial charge < -0.3 is 5.73 Å². The number of benzene rings is 1. The van der Waals surface area contributed by atoms with Gasteiger partial charge in [0.1, 0.15) is 17.2 Å². The summed E-state index contributed by atoms with van der Waals surface area (Å²) in [5, 5.41) is 7.28. The van der Waals surface area contributed by atoms with E-state index < -0.39 is 11.6 Å². The highest BCUT2D eigenvalue weighted by atomic mass is 32.2. The summed E-state index contributed by atoms with van der Waals surface area (Å²) in [5.74, 6) is -0.272. The Hall–Kier alpha value is -2.15. The molecule has 0 unspecified atom stereocenters. The van der Waals surface area contributed by atoms with Gasteiger partial charge in [-0.25, -0.2) is 13.8 Å². The Balaban J connectivity index is 1.82. The van der Waals surface area contributed by atoms with Gasteiger partial charge in [-0.1, -0.05) is 0 Å². The first-order valence-corrected chi connectivity index (χ1v) is 6.79. The zero-order valence-corrected chi connectivity index (χ0v) is 11.0. The van der Waals surface area contributed by atoms with Gasteiger partial charge in [0.15, 0.2) is 5.82 Å².